The molecule has 1 rings (SSSR count). The molecular weight excluding hydrogens is 230 g/mol. The van der Waals surface area contributed by atoms with Gasteiger partial charge in [-0.3, -0.25) is 0 Å². The lowest BCUT2D eigenvalue weighted by Gasteiger charge is -2.16. The molecule has 0 aliphatic heterocycles. The average molecular weight is 251 g/mol. The molecule has 0 radical (unpaired) electrons. The number of hydrogen-bond acceptors (Lipinski definition) is 2. The van der Waals surface area contributed by atoms with Gasteiger partial charge in [0.05, 0.1) is 12.1 Å². The lowest BCUT2D eigenvalue weighted by molar-refractivity contribution is 0.403. The Kier molecular flexibility index (Phi) is 4.94. The maximum Gasteiger partial charge on any atom is 0.124 e. The maximum absolute atomic E-state index is 5.58. The standard InChI is InChI=1S/C14H21NOS/c1-9-5-11(3)14(16-4)12(6-9)7-10(2)8-13(15)17/h5-6,10H,7-8H2,1-4H3,(H2,15,17). The summed E-state index contributed by atoms with van der Waals surface area (Å²) in [5.41, 5.74) is 9.27. The van der Waals surface area contributed by atoms with Crippen LogP contribution in [0.15, 0.2) is 12.1 Å². The molecule has 0 saturated carbocycles. The van der Waals surface area contributed by atoms with Gasteiger partial charge in [0.1, 0.15) is 5.75 Å². The van der Waals surface area contributed by atoms with Crippen molar-refractivity contribution in [3.05, 3.63) is 28.8 Å². The largest absolute Gasteiger partial charge is 0.496 e. The third kappa shape index (κ3) is 4.00. The summed E-state index contributed by atoms with van der Waals surface area (Å²) in [5, 5.41) is 0. The Morgan fingerprint density at radius 2 is 2.06 bits per heavy atom. The second kappa shape index (κ2) is 6.01. The predicted molar refractivity (Wildman–Crippen MR) is 76.7 cm³/mol. The predicted octanol–water partition coefficient (Wildman–Crippen LogP) is 3.17. The van der Waals surface area contributed by atoms with E-state index in [1.807, 2.05) is 0 Å². The van der Waals surface area contributed by atoms with Crippen molar-refractivity contribution in [2.45, 2.75) is 33.6 Å². The van der Waals surface area contributed by atoms with Crippen LogP contribution in [0.5, 0.6) is 5.75 Å². The Balaban J connectivity index is 2.92. The number of thiocarbonyl (C=S) groups is 1. The van der Waals surface area contributed by atoms with Crippen LogP contribution in [-0.4, -0.2) is 12.1 Å². The highest BCUT2D eigenvalue weighted by molar-refractivity contribution is 7.80. The number of aryl methyl sites for hydroxylation is 2. The van der Waals surface area contributed by atoms with Crippen molar-refractivity contribution in [2.75, 3.05) is 7.11 Å². The quantitative estimate of drug-likeness (QED) is 0.816. The SMILES string of the molecule is COc1c(C)cc(C)cc1CC(C)CC(N)=S. The minimum absolute atomic E-state index is 0.447. The molecule has 0 heterocycles. The van der Waals surface area contributed by atoms with E-state index in [0.717, 1.165) is 18.6 Å². The van der Waals surface area contributed by atoms with Crippen molar-refractivity contribution in [2.24, 2.45) is 11.7 Å². The van der Waals surface area contributed by atoms with E-state index in [1.165, 1.54) is 16.7 Å². The number of rotatable bonds is 5. The van der Waals surface area contributed by atoms with E-state index in [1.54, 1.807) is 7.11 Å². The highest BCUT2D eigenvalue weighted by atomic mass is 32.1. The fourth-order valence-electron chi connectivity index (χ4n) is 2.28. The molecule has 2 N–H and O–H groups in total. The molecule has 0 amide bonds. The second-order valence-corrected chi connectivity index (χ2v) is 5.28. The third-order valence-electron chi connectivity index (χ3n) is 2.82. The Bertz CT molecular complexity index is 415. The summed E-state index contributed by atoms with van der Waals surface area (Å²) in [6, 6.07) is 4.32. The first-order valence-corrected chi connectivity index (χ1v) is 6.27. The first-order valence-electron chi connectivity index (χ1n) is 5.86. The molecule has 0 aliphatic rings. The highest BCUT2D eigenvalue weighted by Gasteiger charge is 2.12. The molecule has 17 heavy (non-hydrogen) atoms. The van der Waals surface area contributed by atoms with Crippen LogP contribution in [0.2, 0.25) is 0 Å². The Hall–Kier alpha value is -1.09. The van der Waals surface area contributed by atoms with Crippen LogP contribution in [0.4, 0.5) is 0 Å². The van der Waals surface area contributed by atoms with Gasteiger partial charge in [-0.15, -0.1) is 0 Å². The van der Waals surface area contributed by atoms with E-state index >= 15 is 0 Å². The zero-order chi connectivity index (χ0) is 13.0. The van der Waals surface area contributed by atoms with Crippen LogP contribution in [0, 0.1) is 19.8 Å². The van der Waals surface area contributed by atoms with E-state index < -0.39 is 0 Å². The van der Waals surface area contributed by atoms with Gasteiger partial charge in [0.25, 0.3) is 0 Å². The van der Waals surface area contributed by atoms with E-state index in [2.05, 4.69) is 32.9 Å². The van der Waals surface area contributed by atoms with Gasteiger partial charge in [-0.25, -0.2) is 0 Å². The fourth-order valence-corrected chi connectivity index (χ4v) is 2.56. The Morgan fingerprint density at radius 3 is 2.59 bits per heavy atom. The van der Waals surface area contributed by atoms with Gasteiger partial charge >= 0.3 is 0 Å². The molecule has 2 nitrogen and oxygen atoms in total. The van der Waals surface area contributed by atoms with Crippen molar-refractivity contribution in [1.82, 2.24) is 0 Å². The molecular formula is C14H21NOS. The van der Waals surface area contributed by atoms with Crippen LogP contribution in [0.3, 0.4) is 0 Å². The molecule has 0 fully saturated rings. The summed E-state index contributed by atoms with van der Waals surface area (Å²) < 4.78 is 5.47. The molecule has 94 valence electrons. The zero-order valence-corrected chi connectivity index (χ0v) is 11.9. The average Bonchev–Trinajstić information content (AvgIpc) is 2.15. The van der Waals surface area contributed by atoms with Crippen molar-refractivity contribution in [3.8, 4) is 5.75 Å². The lowest BCUT2D eigenvalue weighted by atomic mass is 9.94. The van der Waals surface area contributed by atoms with E-state index in [9.17, 15) is 0 Å². The van der Waals surface area contributed by atoms with Gasteiger partial charge in [-0.2, -0.15) is 0 Å². The molecule has 3 heteroatoms. The monoisotopic (exact) mass is 251 g/mol. The van der Waals surface area contributed by atoms with Gasteiger partial charge in [-0.1, -0.05) is 36.8 Å². The first-order chi connectivity index (χ1) is 7.93. The smallest absolute Gasteiger partial charge is 0.124 e. The number of hydrogen-bond donors (Lipinski definition) is 1. The fraction of sp³-hybridized carbons (Fsp3) is 0.500. The van der Waals surface area contributed by atoms with E-state index in [0.29, 0.717) is 10.9 Å². The summed E-state index contributed by atoms with van der Waals surface area (Å²) in [7, 11) is 1.72. The van der Waals surface area contributed by atoms with Crippen molar-refractivity contribution < 1.29 is 4.74 Å². The first kappa shape index (κ1) is 14.0. The molecule has 0 spiro atoms. The minimum atomic E-state index is 0.447. The summed E-state index contributed by atoms with van der Waals surface area (Å²) >= 11 is 4.95. The summed E-state index contributed by atoms with van der Waals surface area (Å²) in [4.78, 5) is 0.584. The number of nitrogens with two attached hydrogens (primary N) is 1. The van der Waals surface area contributed by atoms with Crippen molar-refractivity contribution in [1.29, 1.82) is 0 Å². The van der Waals surface area contributed by atoms with Gasteiger partial charge in [0.15, 0.2) is 0 Å². The van der Waals surface area contributed by atoms with E-state index in [-0.39, 0.29) is 0 Å². The van der Waals surface area contributed by atoms with Gasteiger partial charge in [0, 0.05) is 6.42 Å². The van der Waals surface area contributed by atoms with Gasteiger partial charge < -0.3 is 10.5 Å². The minimum Gasteiger partial charge on any atom is -0.496 e. The Morgan fingerprint density at radius 1 is 1.41 bits per heavy atom. The number of benzene rings is 1. The second-order valence-electron chi connectivity index (χ2n) is 4.75. The van der Waals surface area contributed by atoms with Crippen LogP contribution in [0.1, 0.15) is 30.0 Å². The summed E-state index contributed by atoms with van der Waals surface area (Å²) in [6.07, 6.45) is 1.73. The molecule has 1 unspecified atom stereocenters. The molecule has 0 bridgehead atoms. The maximum atomic E-state index is 5.58. The normalized spacial score (nSPS) is 12.2. The summed E-state index contributed by atoms with van der Waals surface area (Å²) in [6.45, 7) is 6.35. The van der Waals surface area contributed by atoms with Crippen molar-refractivity contribution >= 4 is 17.2 Å². The van der Waals surface area contributed by atoms with Crippen LogP contribution in [0.25, 0.3) is 0 Å². The van der Waals surface area contributed by atoms with E-state index in [4.69, 9.17) is 22.7 Å². The molecule has 0 aromatic heterocycles. The molecule has 1 aromatic rings. The van der Waals surface area contributed by atoms with Crippen LogP contribution in [-0.2, 0) is 6.42 Å². The molecule has 1 aromatic carbocycles. The van der Waals surface area contributed by atoms with Crippen LogP contribution >= 0.6 is 12.2 Å². The Labute approximate surface area is 109 Å². The third-order valence-corrected chi connectivity index (χ3v) is 2.98. The van der Waals surface area contributed by atoms with Gasteiger partial charge in [0.2, 0.25) is 0 Å². The van der Waals surface area contributed by atoms with Gasteiger partial charge in [-0.05, 0) is 37.3 Å². The molecule has 1 atom stereocenters. The van der Waals surface area contributed by atoms with Crippen molar-refractivity contribution in [3.63, 3.8) is 0 Å². The topological polar surface area (TPSA) is 35.2 Å². The van der Waals surface area contributed by atoms with Crippen LogP contribution < -0.4 is 10.5 Å². The summed E-state index contributed by atoms with van der Waals surface area (Å²) in [5.74, 6) is 1.44. The molecule has 0 aliphatic carbocycles. The number of methoxy groups -OCH3 is 1. The molecule has 0 saturated heterocycles. The lowest BCUT2D eigenvalue weighted by Crippen LogP contribution is -2.14. The zero-order valence-electron chi connectivity index (χ0n) is 11.0. The highest BCUT2D eigenvalue weighted by Crippen LogP contribution is 2.27. The number of ether oxygens (including phenoxy) is 1.